The number of hydrogen-bond acceptors (Lipinski definition) is 6. The molecule has 3 N–H and O–H groups in total. The van der Waals surface area contributed by atoms with Gasteiger partial charge in [0.05, 0.1) is 18.0 Å². The van der Waals surface area contributed by atoms with Gasteiger partial charge in [-0.3, -0.25) is 4.79 Å². The lowest BCUT2D eigenvalue weighted by Gasteiger charge is -2.16. The summed E-state index contributed by atoms with van der Waals surface area (Å²) in [6.45, 7) is 0.446. The molecule has 10 heteroatoms. The minimum atomic E-state index is -4.55. The van der Waals surface area contributed by atoms with Crippen LogP contribution in [0.15, 0.2) is 30.7 Å². The van der Waals surface area contributed by atoms with E-state index in [1.165, 1.54) is 12.4 Å². The standard InChI is InChI=1S/C17H18F3N5O2/c18-17(19,20)13-5-4-11(9-23-13)25-16(27)14-15(22-7-6-21-14)24-8-10-2-1-3-12(10)26/h4-7,9-10,12,26H,1-3,8H2,(H,22,24)(H,25,27)/t10-,12+/m0/s1. The first kappa shape index (κ1) is 19.0. The van der Waals surface area contributed by atoms with E-state index in [1.807, 2.05) is 0 Å². The van der Waals surface area contributed by atoms with Gasteiger partial charge in [0, 0.05) is 24.9 Å². The van der Waals surface area contributed by atoms with Gasteiger partial charge in [0.15, 0.2) is 11.5 Å². The number of rotatable bonds is 5. The maximum Gasteiger partial charge on any atom is 0.433 e. The first-order valence-electron chi connectivity index (χ1n) is 8.42. The molecule has 1 amide bonds. The zero-order valence-corrected chi connectivity index (χ0v) is 14.2. The predicted molar refractivity (Wildman–Crippen MR) is 91.1 cm³/mol. The predicted octanol–water partition coefficient (Wildman–Crippen LogP) is 2.72. The number of aromatic nitrogens is 3. The average molecular weight is 381 g/mol. The Morgan fingerprint density at radius 3 is 2.59 bits per heavy atom. The summed E-state index contributed by atoms with van der Waals surface area (Å²) in [5, 5.41) is 15.4. The number of carbonyl (C=O) groups excluding carboxylic acids is 1. The topological polar surface area (TPSA) is 100 Å². The van der Waals surface area contributed by atoms with Gasteiger partial charge in [0.25, 0.3) is 5.91 Å². The van der Waals surface area contributed by atoms with E-state index in [1.54, 1.807) is 0 Å². The van der Waals surface area contributed by atoms with Gasteiger partial charge < -0.3 is 15.7 Å². The van der Waals surface area contributed by atoms with E-state index in [4.69, 9.17) is 0 Å². The van der Waals surface area contributed by atoms with E-state index >= 15 is 0 Å². The van der Waals surface area contributed by atoms with E-state index in [-0.39, 0.29) is 29.2 Å². The van der Waals surface area contributed by atoms with Crippen LogP contribution in [-0.4, -0.2) is 38.6 Å². The Morgan fingerprint density at radius 2 is 1.96 bits per heavy atom. The smallest absolute Gasteiger partial charge is 0.393 e. The Labute approximate surface area is 153 Å². The third kappa shape index (κ3) is 4.70. The van der Waals surface area contributed by atoms with Crippen molar-refractivity contribution < 1.29 is 23.1 Å². The van der Waals surface area contributed by atoms with Crippen LogP contribution in [-0.2, 0) is 6.18 Å². The molecule has 0 saturated heterocycles. The monoisotopic (exact) mass is 381 g/mol. The van der Waals surface area contributed by atoms with Crippen LogP contribution in [0.1, 0.15) is 35.4 Å². The number of aliphatic hydroxyl groups is 1. The summed E-state index contributed by atoms with van der Waals surface area (Å²) in [6, 6.07) is 1.90. The SMILES string of the molecule is O=C(Nc1ccc(C(F)(F)F)nc1)c1nccnc1NC[C@@H]1CCC[C@H]1O. The normalized spacial score (nSPS) is 19.7. The Balaban J connectivity index is 1.67. The summed E-state index contributed by atoms with van der Waals surface area (Å²) in [6.07, 6.45) is 1.34. The number of pyridine rings is 1. The van der Waals surface area contributed by atoms with Crippen molar-refractivity contribution in [3.05, 3.63) is 42.1 Å². The fraction of sp³-hybridized carbons (Fsp3) is 0.412. The van der Waals surface area contributed by atoms with Gasteiger partial charge in [-0.1, -0.05) is 6.42 Å². The largest absolute Gasteiger partial charge is 0.433 e. The molecule has 0 spiro atoms. The van der Waals surface area contributed by atoms with Crippen LogP contribution in [0.25, 0.3) is 0 Å². The van der Waals surface area contributed by atoms with E-state index in [2.05, 4.69) is 25.6 Å². The molecule has 2 atom stereocenters. The quantitative estimate of drug-likeness (QED) is 0.736. The van der Waals surface area contributed by atoms with Crippen molar-refractivity contribution in [1.29, 1.82) is 0 Å². The summed E-state index contributed by atoms with van der Waals surface area (Å²) < 4.78 is 37.6. The number of hydrogen-bond donors (Lipinski definition) is 3. The number of anilines is 2. The van der Waals surface area contributed by atoms with Crippen molar-refractivity contribution in [2.45, 2.75) is 31.5 Å². The highest BCUT2D eigenvalue weighted by atomic mass is 19.4. The molecule has 27 heavy (non-hydrogen) atoms. The first-order valence-corrected chi connectivity index (χ1v) is 8.42. The molecule has 2 aromatic heterocycles. The molecule has 2 aromatic rings. The third-order valence-corrected chi connectivity index (χ3v) is 4.38. The molecule has 0 bridgehead atoms. The molecule has 1 fully saturated rings. The number of aliphatic hydroxyl groups excluding tert-OH is 1. The maximum absolute atomic E-state index is 12.5. The van der Waals surface area contributed by atoms with Crippen LogP contribution in [0.3, 0.4) is 0 Å². The van der Waals surface area contributed by atoms with E-state index in [9.17, 15) is 23.1 Å². The van der Waals surface area contributed by atoms with E-state index in [0.717, 1.165) is 37.6 Å². The molecular weight excluding hydrogens is 363 g/mol. The van der Waals surface area contributed by atoms with Crippen LogP contribution < -0.4 is 10.6 Å². The third-order valence-electron chi connectivity index (χ3n) is 4.38. The van der Waals surface area contributed by atoms with Crippen LogP contribution in [0, 0.1) is 5.92 Å². The summed E-state index contributed by atoms with van der Waals surface area (Å²) >= 11 is 0. The Kier molecular flexibility index (Phi) is 5.54. The van der Waals surface area contributed by atoms with Crippen molar-refractivity contribution in [3.63, 3.8) is 0 Å². The lowest BCUT2D eigenvalue weighted by atomic mass is 10.1. The summed E-state index contributed by atoms with van der Waals surface area (Å²) in [7, 11) is 0. The highest BCUT2D eigenvalue weighted by molar-refractivity contribution is 6.05. The fourth-order valence-electron chi connectivity index (χ4n) is 2.94. The minimum Gasteiger partial charge on any atom is -0.393 e. The lowest BCUT2D eigenvalue weighted by Crippen LogP contribution is -2.24. The molecule has 1 aliphatic carbocycles. The van der Waals surface area contributed by atoms with Gasteiger partial charge in [-0.25, -0.2) is 15.0 Å². The number of amides is 1. The maximum atomic E-state index is 12.5. The Bertz CT molecular complexity index is 798. The summed E-state index contributed by atoms with van der Waals surface area (Å²) in [4.78, 5) is 23.8. The molecule has 1 saturated carbocycles. The number of halogens is 3. The van der Waals surface area contributed by atoms with Gasteiger partial charge >= 0.3 is 6.18 Å². The van der Waals surface area contributed by atoms with Gasteiger partial charge in [-0.15, -0.1) is 0 Å². The van der Waals surface area contributed by atoms with Gasteiger partial charge in [0.1, 0.15) is 5.69 Å². The van der Waals surface area contributed by atoms with E-state index in [0.29, 0.717) is 6.54 Å². The number of nitrogens with zero attached hydrogens (tertiary/aromatic N) is 3. The highest BCUT2D eigenvalue weighted by Gasteiger charge is 2.32. The fourth-order valence-corrected chi connectivity index (χ4v) is 2.94. The Morgan fingerprint density at radius 1 is 1.19 bits per heavy atom. The second-order valence-corrected chi connectivity index (χ2v) is 6.28. The van der Waals surface area contributed by atoms with Gasteiger partial charge in [-0.05, 0) is 25.0 Å². The molecule has 7 nitrogen and oxygen atoms in total. The molecule has 3 rings (SSSR count). The number of carbonyl (C=O) groups is 1. The number of alkyl halides is 3. The molecule has 1 aliphatic rings. The van der Waals surface area contributed by atoms with Crippen LogP contribution in [0.5, 0.6) is 0 Å². The average Bonchev–Trinajstić information content (AvgIpc) is 3.05. The van der Waals surface area contributed by atoms with Gasteiger partial charge in [-0.2, -0.15) is 13.2 Å². The summed E-state index contributed by atoms with van der Waals surface area (Å²) in [5.74, 6) is -0.310. The van der Waals surface area contributed by atoms with Crippen molar-refractivity contribution in [3.8, 4) is 0 Å². The van der Waals surface area contributed by atoms with Crippen LogP contribution in [0.2, 0.25) is 0 Å². The highest BCUT2D eigenvalue weighted by Crippen LogP contribution is 2.28. The second-order valence-electron chi connectivity index (χ2n) is 6.28. The van der Waals surface area contributed by atoms with Crippen molar-refractivity contribution in [2.75, 3.05) is 17.2 Å². The van der Waals surface area contributed by atoms with Gasteiger partial charge in [0.2, 0.25) is 0 Å². The second kappa shape index (κ2) is 7.87. The molecule has 0 radical (unpaired) electrons. The molecule has 2 heterocycles. The number of nitrogens with one attached hydrogen (secondary N) is 2. The molecule has 0 aliphatic heterocycles. The molecule has 0 unspecified atom stereocenters. The summed E-state index contributed by atoms with van der Waals surface area (Å²) in [5.41, 5.74) is -0.932. The minimum absolute atomic E-state index is 0.00452. The molecule has 144 valence electrons. The zero-order chi connectivity index (χ0) is 19.4. The molecule has 0 aromatic carbocycles. The van der Waals surface area contributed by atoms with E-state index < -0.39 is 17.8 Å². The van der Waals surface area contributed by atoms with Crippen LogP contribution >= 0.6 is 0 Å². The Hall–Kier alpha value is -2.75. The zero-order valence-electron chi connectivity index (χ0n) is 14.2. The molecular formula is C17H18F3N5O2. The first-order chi connectivity index (χ1) is 12.8. The lowest BCUT2D eigenvalue weighted by molar-refractivity contribution is -0.141. The van der Waals surface area contributed by atoms with Crippen molar-refractivity contribution in [1.82, 2.24) is 15.0 Å². The van der Waals surface area contributed by atoms with Crippen LogP contribution in [0.4, 0.5) is 24.7 Å². The van der Waals surface area contributed by atoms with Crippen molar-refractivity contribution >= 4 is 17.4 Å². The van der Waals surface area contributed by atoms with Crippen molar-refractivity contribution in [2.24, 2.45) is 5.92 Å².